The van der Waals surface area contributed by atoms with Crippen molar-refractivity contribution in [3.63, 3.8) is 0 Å². The van der Waals surface area contributed by atoms with Gasteiger partial charge in [0.05, 0.1) is 5.56 Å². The van der Waals surface area contributed by atoms with Gasteiger partial charge in [0.15, 0.2) is 0 Å². The van der Waals surface area contributed by atoms with Crippen molar-refractivity contribution in [1.82, 2.24) is 9.55 Å². The number of pyridine rings is 1. The van der Waals surface area contributed by atoms with E-state index < -0.39 is 5.97 Å². The summed E-state index contributed by atoms with van der Waals surface area (Å²) in [5.74, 6) is -0.125. The molecular weight excluding hydrogens is 236 g/mol. The molecule has 0 saturated carbocycles. The quantitative estimate of drug-likeness (QED) is 0.883. The average molecular weight is 246 g/mol. The first-order valence-corrected chi connectivity index (χ1v) is 6.27. The van der Waals surface area contributed by atoms with Crippen molar-refractivity contribution in [3.8, 4) is 0 Å². The van der Waals surface area contributed by atoms with Gasteiger partial charge >= 0.3 is 5.97 Å². The summed E-state index contributed by atoms with van der Waals surface area (Å²) in [5.41, 5.74) is 2.39. The number of fused-ring (bicyclic) bond motifs is 1. The van der Waals surface area contributed by atoms with Gasteiger partial charge in [-0.1, -0.05) is 6.07 Å². The lowest BCUT2D eigenvalue weighted by molar-refractivity contribution is 0.0696. The van der Waals surface area contributed by atoms with Gasteiger partial charge in [-0.15, -0.1) is 11.8 Å². The molecule has 2 aromatic rings. The maximum absolute atomic E-state index is 11.0. The monoisotopic (exact) mass is 246 g/mol. The fraction of sp³-hybridized carbons (Fsp3) is 0.167. The zero-order valence-electron chi connectivity index (χ0n) is 8.91. The molecule has 2 aromatic heterocycles. The van der Waals surface area contributed by atoms with Crippen LogP contribution in [0.1, 0.15) is 27.0 Å². The number of thioether (sulfide) groups is 1. The Morgan fingerprint density at radius 3 is 3.12 bits per heavy atom. The number of carboxylic acid groups (broad SMARTS) is 1. The van der Waals surface area contributed by atoms with Crippen LogP contribution in [0.15, 0.2) is 36.8 Å². The van der Waals surface area contributed by atoms with Crippen molar-refractivity contribution in [3.05, 3.63) is 53.6 Å². The number of aromatic nitrogens is 2. The van der Waals surface area contributed by atoms with E-state index in [2.05, 4.69) is 4.98 Å². The molecule has 4 nitrogen and oxygen atoms in total. The summed E-state index contributed by atoms with van der Waals surface area (Å²) in [4.78, 5) is 15.1. The number of hydrogen-bond acceptors (Lipinski definition) is 3. The molecule has 1 atom stereocenters. The first-order valence-electron chi connectivity index (χ1n) is 5.22. The van der Waals surface area contributed by atoms with E-state index in [1.54, 1.807) is 24.0 Å². The fourth-order valence-corrected chi connectivity index (χ4v) is 3.37. The van der Waals surface area contributed by atoms with Crippen LogP contribution in [-0.4, -0.2) is 20.6 Å². The minimum absolute atomic E-state index is 0.145. The van der Waals surface area contributed by atoms with Gasteiger partial charge in [-0.3, -0.25) is 4.98 Å². The van der Waals surface area contributed by atoms with Crippen LogP contribution in [-0.2, 0) is 5.75 Å². The molecular formula is C12H10N2O2S. The molecule has 17 heavy (non-hydrogen) atoms. The normalized spacial score (nSPS) is 18.0. The third-order valence-corrected chi connectivity index (χ3v) is 4.11. The largest absolute Gasteiger partial charge is 0.478 e. The van der Waals surface area contributed by atoms with E-state index in [1.807, 2.05) is 29.1 Å². The molecule has 3 heterocycles. The lowest BCUT2D eigenvalue weighted by Crippen LogP contribution is -2.03. The molecule has 86 valence electrons. The molecule has 0 saturated heterocycles. The van der Waals surface area contributed by atoms with Gasteiger partial charge in [-0.05, 0) is 12.1 Å². The van der Waals surface area contributed by atoms with Crippen molar-refractivity contribution in [2.45, 2.75) is 11.1 Å². The first-order chi connectivity index (χ1) is 8.27. The summed E-state index contributed by atoms with van der Waals surface area (Å²) >= 11 is 1.72. The van der Waals surface area contributed by atoms with Crippen molar-refractivity contribution in [2.24, 2.45) is 0 Å². The molecule has 0 aromatic carbocycles. The Morgan fingerprint density at radius 2 is 2.41 bits per heavy atom. The van der Waals surface area contributed by atoms with Crippen LogP contribution >= 0.6 is 11.8 Å². The average Bonchev–Trinajstić information content (AvgIpc) is 2.89. The second-order valence-corrected chi connectivity index (χ2v) is 4.91. The van der Waals surface area contributed by atoms with Crippen molar-refractivity contribution >= 4 is 17.7 Å². The fourth-order valence-electron chi connectivity index (χ4n) is 2.06. The minimum Gasteiger partial charge on any atom is -0.478 e. The second-order valence-electron chi connectivity index (χ2n) is 3.84. The van der Waals surface area contributed by atoms with E-state index in [0.717, 1.165) is 17.0 Å². The van der Waals surface area contributed by atoms with Crippen LogP contribution in [0.4, 0.5) is 0 Å². The summed E-state index contributed by atoms with van der Waals surface area (Å²) < 4.78 is 2.02. The Kier molecular flexibility index (Phi) is 2.40. The highest BCUT2D eigenvalue weighted by molar-refractivity contribution is 7.99. The molecule has 1 aliphatic rings. The van der Waals surface area contributed by atoms with Crippen molar-refractivity contribution < 1.29 is 9.90 Å². The van der Waals surface area contributed by atoms with Gasteiger partial charge in [0.25, 0.3) is 0 Å². The summed E-state index contributed by atoms with van der Waals surface area (Å²) in [6.45, 7) is 0. The summed E-state index contributed by atoms with van der Waals surface area (Å²) in [5, 5.41) is 9.20. The van der Waals surface area contributed by atoms with E-state index in [9.17, 15) is 4.79 Å². The number of rotatable bonds is 2. The van der Waals surface area contributed by atoms with Crippen LogP contribution in [0, 0.1) is 0 Å². The van der Waals surface area contributed by atoms with Gasteiger partial charge in [0, 0.05) is 35.6 Å². The highest BCUT2D eigenvalue weighted by atomic mass is 32.2. The van der Waals surface area contributed by atoms with Crippen LogP contribution in [0.25, 0.3) is 0 Å². The number of carbonyl (C=O) groups is 1. The molecule has 0 aliphatic carbocycles. The number of nitrogens with zero attached hydrogens (tertiary/aromatic N) is 2. The maximum atomic E-state index is 11.0. The van der Waals surface area contributed by atoms with Crippen molar-refractivity contribution in [2.75, 3.05) is 0 Å². The molecule has 5 heteroatoms. The van der Waals surface area contributed by atoms with E-state index in [0.29, 0.717) is 5.56 Å². The second kappa shape index (κ2) is 3.92. The highest BCUT2D eigenvalue weighted by Gasteiger charge is 2.28. The van der Waals surface area contributed by atoms with E-state index in [1.165, 1.54) is 0 Å². The predicted molar refractivity (Wildman–Crippen MR) is 65.1 cm³/mol. The standard InChI is InChI=1S/C12H10N2O2S/c15-12(16)9-3-5-14-10(9)7-17-11(14)8-2-1-4-13-6-8/h1-6,11H,7H2,(H,15,16)/t11-/m1/s1. The number of hydrogen-bond donors (Lipinski definition) is 1. The van der Waals surface area contributed by atoms with Crippen LogP contribution < -0.4 is 0 Å². The zero-order valence-corrected chi connectivity index (χ0v) is 9.72. The number of aromatic carboxylic acids is 1. The Hall–Kier alpha value is -1.75. The van der Waals surface area contributed by atoms with E-state index in [-0.39, 0.29) is 5.37 Å². The topological polar surface area (TPSA) is 55.1 Å². The van der Waals surface area contributed by atoms with E-state index >= 15 is 0 Å². The molecule has 0 bridgehead atoms. The molecule has 0 fully saturated rings. The Morgan fingerprint density at radius 1 is 1.53 bits per heavy atom. The summed E-state index contributed by atoms with van der Waals surface area (Å²) in [6.07, 6.45) is 5.41. The lowest BCUT2D eigenvalue weighted by Gasteiger charge is -2.11. The minimum atomic E-state index is -0.855. The van der Waals surface area contributed by atoms with Crippen LogP contribution in [0.5, 0.6) is 0 Å². The Balaban J connectivity index is 2.03. The van der Waals surface area contributed by atoms with E-state index in [4.69, 9.17) is 5.11 Å². The number of carboxylic acids is 1. The molecule has 3 rings (SSSR count). The summed E-state index contributed by atoms with van der Waals surface area (Å²) in [7, 11) is 0. The smallest absolute Gasteiger partial charge is 0.337 e. The van der Waals surface area contributed by atoms with Gasteiger partial charge in [-0.2, -0.15) is 0 Å². The van der Waals surface area contributed by atoms with Gasteiger partial charge in [0.1, 0.15) is 5.37 Å². The summed E-state index contributed by atoms with van der Waals surface area (Å²) in [6, 6.07) is 5.58. The van der Waals surface area contributed by atoms with Gasteiger partial charge < -0.3 is 9.67 Å². The zero-order chi connectivity index (χ0) is 11.8. The molecule has 1 aliphatic heterocycles. The predicted octanol–water partition coefficient (Wildman–Crippen LogP) is 2.38. The SMILES string of the molecule is O=C(O)c1ccn2c1CS[C@@H]2c1cccnc1. The first kappa shape index (κ1) is 10.4. The molecule has 0 spiro atoms. The Labute approximate surface area is 102 Å². The third kappa shape index (κ3) is 1.63. The van der Waals surface area contributed by atoms with Crippen LogP contribution in [0.3, 0.4) is 0 Å². The van der Waals surface area contributed by atoms with Crippen LogP contribution in [0.2, 0.25) is 0 Å². The highest BCUT2D eigenvalue weighted by Crippen LogP contribution is 2.41. The molecule has 0 radical (unpaired) electrons. The molecule has 0 unspecified atom stereocenters. The van der Waals surface area contributed by atoms with Gasteiger partial charge in [0.2, 0.25) is 0 Å². The molecule has 1 N–H and O–H groups in total. The van der Waals surface area contributed by atoms with Crippen molar-refractivity contribution in [1.29, 1.82) is 0 Å². The maximum Gasteiger partial charge on any atom is 0.337 e. The molecule has 0 amide bonds. The lowest BCUT2D eigenvalue weighted by atomic mass is 10.2. The Bertz CT molecular complexity index is 565. The van der Waals surface area contributed by atoms with Gasteiger partial charge in [-0.25, -0.2) is 4.79 Å². The third-order valence-electron chi connectivity index (χ3n) is 2.85.